The Balaban J connectivity index is 2.43. The van der Waals surface area contributed by atoms with E-state index in [1.165, 1.54) is 31.4 Å². The minimum Gasteiger partial charge on any atom is -0.465 e. The second kappa shape index (κ2) is 5.92. The monoisotopic (exact) mass is 309 g/mol. The number of esters is 1. The molecule has 0 aliphatic carbocycles. The summed E-state index contributed by atoms with van der Waals surface area (Å²) in [5, 5.41) is 0. The second-order valence-corrected chi connectivity index (χ2v) is 5.72. The standard InChI is InChI=1S/C14H12FNO4S/c1-20-14(17)10-6-2-4-8-12(10)16-21(18,19)13-9-5-3-7-11(13)15/h2-9,16H,1H3. The average molecular weight is 309 g/mol. The fourth-order valence-corrected chi connectivity index (χ4v) is 2.88. The van der Waals surface area contributed by atoms with E-state index in [9.17, 15) is 17.6 Å². The number of halogens is 1. The number of nitrogens with one attached hydrogen (secondary N) is 1. The fourth-order valence-electron chi connectivity index (χ4n) is 1.72. The van der Waals surface area contributed by atoms with Crippen molar-refractivity contribution in [3.8, 4) is 0 Å². The molecule has 0 radical (unpaired) electrons. The molecule has 0 atom stereocenters. The van der Waals surface area contributed by atoms with Crippen molar-refractivity contribution in [1.82, 2.24) is 0 Å². The zero-order valence-electron chi connectivity index (χ0n) is 11.0. The topological polar surface area (TPSA) is 72.5 Å². The second-order valence-electron chi connectivity index (χ2n) is 4.07. The van der Waals surface area contributed by atoms with E-state index < -0.39 is 26.7 Å². The molecular formula is C14H12FNO4S. The number of carbonyl (C=O) groups is 1. The van der Waals surface area contributed by atoms with Crippen molar-refractivity contribution in [2.24, 2.45) is 0 Å². The largest absolute Gasteiger partial charge is 0.465 e. The SMILES string of the molecule is COC(=O)c1ccccc1NS(=O)(=O)c1ccccc1F. The van der Waals surface area contributed by atoms with E-state index in [-0.39, 0.29) is 11.3 Å². The van der Waals surface area contributed by atoms with E-state index in [1.54, 1.807) is 12.1 Å². The van der Waals surface area contributed by atoms with Crippen molar-refractivity contribution in [2.75, 3.05) is 11.8 Å². The molecule has 5 nitrogen and oxygen atoms in total. The molecule has 1 N–H and O–H groups in total. The van der Waals surface area contributed by atoms with Crippen LogP contribution in [-0.2, 0) is 14.8 Å². The number of benzene rings is 2. The van der Waals surface area contributed by atoms with Gasteiger partial charge in [0.2, 0.25) is 0 Å². The summed E-state index contributed by atoms with van der Waals surface area (Å²) in [6, 6.07) is 10.9. The molecule has 21 heavy (non-hydrogen) atoms. The minimum absolute atomic E-state index is 0.0209. The Morgan fingerprint density at radius 1 is 1.10 bits per heavy atom. The lowest BCUT2D eigenvalue weighted by molar-refractivity contribution is 0.0602. The van der Waals surface area contributed by atoms with E-state index >= 15 is 0 Å². The number of carbonyl (C=O) groups excluding carboxylic acids is 1. The molecule has 110 valence electrons. The lowest BCUT2D eigenvalue weighted by Gasteiger charge is -2.11. The summed E-state index contributed by atoms with van der Waals surface area (Å²) in [6.07, 6.45) is 0. The molecule has 0 spiro atoms. The molecule has 0 saturated carbocycles. The Hall–Kier alpha value is -2.41. The summed E-state index contributed by atoms with van der Waals surface area (Å²) >= 11 is 0. The van der Waals surface area contributed by atoms with Gasteiger partial charge in [-0.25, -0.2) is 17.6 Å². The van der Waals surface area contributed by atoms with Gasteiger partial charge in [-0.2, -0.15) is 0 Å². The van der Waals surface area contributed by atoms with Crippen LogP contribution in [0.2, 0.25) is 0 Å². The summed E-state index contributed by atoms with van der Waals surface area (Å²) in [5.74, 6) is -1.57. The van der Waals surface area contributed by atoms with E-state index in [4.69, 9.17) is 0 Å². The fraction of sp³-hybridized carbons (Fsp3) is 0.0714. The molecule has 2 rings (SSSR count). The molecule has 0 aliphatic heterocycles. The number of hydrogen-bond donors (Lipinski definition) is 1. The number of hydrogen-bond acceptors (Lipinski definition) is 4. The van der Waals surface area contributed by atoms with Gasteiger partial charge in [-0.3, -0.25) is 4.72 Å². The Morgan fingerprint density at radius 2 is 1.71 bits per heavy atom. The van der Waals surface area contributed by atoms with Crippen LogP contribution in [0.3, 0.4) is 0 Å². The van der Waals surface area contributed by atoms with Gasteiger partial charge < -0.3 is 4.74 Å². The van der Waals surface area contributed by atoms with Gasteiger partial charge in [-0.1, -0.05) is 24.3 Å². The number of ether oxygens (including phenoxy) is 1. The van der Waals surface area contributed by atoms with Gasteiger partial charge in [0.1, 0.15) is 10.7 Å². The van der Waals surface area contributed by atoms with Crippen molar-refractivity contribution in [3.63, 3.8) is 0 Å². The first-order valence-corrected chi connectivity index (χ1v) is 7.38. The Morgan fingerprint density at radius 3 is 2.38 bits per heavy atom. The zero-order valence-corrected chi connectivity index (χ0v) is 11.9. The summed E-state index contributed by atoms with van der Waals surface area (Å²) in [4.78, 5) is 11.1. The molecule has 0 amide bonds. The summed E-state index contributed by atoms with van der Waals surface area (Å²) in [7, 11) is -2.96. The highest BCUT2D eigenvalue weighted by atomic mass is 32.2. The molecule has 7 heteroatoms. The number of anilines is 1. The molecule has 2 aromatic carbocycles. The summed E-state index contributed by atoms with van der Waals surface area (Å²) in [6.45, 7) is 0. The molecular weight excluding hydrogens is 297 g/mol. The van der Waals surface area contributed by atoms with Gasteiger partial charge in [0.25, 0.3) is 10.0 Å². The van der Waals surface area contributed by atoms with Crippen LogP contribution in [-0.4, -0.2) is 21.5 Å². The maximum absolute atomic E-state index is 13.6. The highest BCUT2D eigenvalue weighted by Crippen LogP contribution is 2.22. The predicted octanol–water partition coefficient (Wildman–Crippen LogP) is 2.41. The number of para-hydroxylation sites is 1. The van der Waals surface area contributed by atoms with E-state index in [1.807, 2.05) is 0 Å². The Bertz CT molecular complexity index is 774. The highest BCUT2D eigenvalue weighted by Gasteiger charge is 2.21. The quantitative estimate of drug-likeness (QED) is 0.880. The van der Waals surface area contributed by atoms with Gasteiger partial charge in [-0.15, -0.1) is 0 Å². The van der Waals surface area contributed by atoms with Crippen LogP contribution in [0.25, 0.3) is 0 Å². The highest BCUT2D eigenvalue weighted by molar-refractivity contribution is 7.92. The van der Waals surface area contributed by atoms with Crippen LogP contribution in [0.1, 0.15) is 10.4 Å². The van der Waals surface area contributed by atoms with Crippen molar-refractivity contribution in [2.45, 2.75) is 4.90 Å². The van der Waals surface area contributed by atoms with Crippen molar-refractivity contribution >= 4 is 21.7 Å². The van der Waals surface area contributed by atoms with Gasteiger partial charge in [0.15, 0.2) is 0 Å². The van der Waals surface area contributed by atoms with Crippen LogP contribution >= 0.6 is 0 Å². The van der Waals surface area contributed by atoms with Crippen molar-refractivity contribution < 1.29 is 22.3 Å². The third-order valence-electron chi connectivity index (χ3n) is 2.70. The maximum Gasteiger partial charge on any atom is 0.339 e. The number of methoxy groups -OCH3 is 1. The maximum atomic E-state index is 13.6. The normalized spacial score (nSPS) is 11.0. The molecule has 0 aromatic heterocycles. The van der Waals surface area contributed by atoms with Crippen molar-refractivity contribution in [3.05, 3.63) is 59.9 Å². The first kappa shape index (κ1) is 15.0. The van der Waals surface area contributed by atoms with Gasteiger partial charge in [-0.05, 0) is 24.3 Å². The summed E-state index contributed by atoms with van der Waals surface area (Å²) in [5.41, 5.74) is 0.0625. The Labute approximate surface area is 121 Å². The smallest absolute Gasteiger partial charge is 0.339 e. The van der Waals surface area contributed by atoms with Crippen molar-refractivity contribution in [1.29, 1.82) is 0 Å². The van der Waals surface area contributed by atoms with E-state index in [0.717, 1.165) is 12.1 Å². The van der Waals surface area contributed by atoms with Crippen LogP contribution in [0.15, 0.2) is 53.4 Å². The van der Waals surface area contributed by atoms with Gasteiger partial charge in [0.05, 0.1) is 18.4 Å². The average Bonchev–Trinajstić information content (AvgIpc) is 2.47. The Kier molecular flexibility index (Phi) is 4.23. The summed E-state index contributed by atoms with van der Waals surface area (Å²) < 4.78 is 44.7. The molecule has 0 fully saturated rings. The van der Waals surface area contributed by atoms with Gasteiger partial charge >= 0.3 is 5.97 Å². The van der Waals surface area contributed by atoms with Gasteiger partial charge in [0, 0.05) is 0 Å². The lowest BCUT2D eigenvalue weighted by atomic mass is 10.2. The molecule has 2 aromatic rings. The molecule has 0 unspecified atom stereocenters. The molecule has 0 heterocycles. The third kappa shape index (κ3) is 3.19. The van der Waals surface area contributed by atoms with E-state index in [2.05, 4.69) is 9.46 Å². The number of rotatable bonds is 4. The van der Waals surface area contributed by atoms with Crippen LogP contribution in [0, 0.1) is 5.82 Å². The lowest BCUT2D eigenvalue weighted by Crippen LogP contribution is -2.17. The molecule has 0 bridgehead atoms. The minimum atomic E-state index is -4.14. The van der Waals surface area contributed by atoms with Crippen LogP contribution < -0.4 is 4.72 Å². The first-order chi connectivity index (χ1) is 9.95. The van der Waals surface area contributed by atoms with Crippen LogP contribution in [0.4, 0.5) is 10.1 Å². The number of sulfonamides is 1. The predicted molar refractivity (Wildman–Crippen MR) is 75.0 cm³/mol. The van der Waals surface area contributed by atoms with E-state index in [0.29, 0.717) is 0 Å². The third-order valence-corrected chi connectivity index (χ3v) is 4.10. The van der Waals surface area contributed by atoms with Crippen LogP contribution in [0.5, 0.6) is 0 Å². The molecule has 0 aliphatic rings. The molecule has 0 saturated heterocycles. The zero-order chi connectivity index (χ0) is 15.5. The first-order valence-electron chi connectivity index (χ1n) is 5.90.